The molecule has 1 N–H and O–H groups in total. The number of nitrogens with one attached hydrogen (secondary N) is 1. The predicted molar refractivity (Wildman–Crippen MR) is 94.6 cm³/mol. The Kier molecular flexibility index (Phi) is 3.90. The first-order valence-corrected chi connectivity index (χ1v) is 7.88. The van der Waals surface area contributed by atoms with E-state index >= 15 is 0 Å². The van der Waals surface area contributed by atoms with Crippen molar-refractivity contribution in [2.75, 3.05) is 5.32 Å². The summed E-state index contributed by atoms with van der Waals surface area (Å²) in [6.45, 7) is 1.47. The van der Waals surface area contributed by atoms with Gasteiger partial charge in [-0.2, -0.15) is 5.10 Å². The van der Waals surface area contributed by atoms with E-state index < -0.39 is 0 Å². The molecule has 2 heterocycles. The number of hydrogen-bond acceptors (Lipinski definition) is 4. The molecule has 0 atom stereocenters. The standard InChI is InChI=1S/C19H17N5/c1-2-7-16(13-24-11-5-10-23-24)15(6-1)12-20-19-17-8-3-4-9-18(17)21-14-22-19/h1-11,14H,12-13H2,(H,20,21,22). The lowest BCUT2D eigenvalue weighted by molar-refractivity contribution is 0.682. The van der Waals surface area contributed by atoms with Crippen molar-refractivity contribution in [3.63, 3.8) is 0 Å². The van der Waals surface area contributed by atoms with E-state index in [1.165, 1.54) is 11.1 Å². The topological polar surface area (TPSA) is 55.6 Å². The summed E-state index contributed by atoms with van der Waals surface area (Å²) < 4.78 is 1.93. The van der Waals surface area contributed by atoms with Crippen LogP contribution >= 0.6 is 0 Å². The average Bonchev–Trinajstić information content (AvgIpc) is 3.14. The molecule has 0 amide bonds. The first kappa shape index (κ1) is 14.4. The van der Waals surface area contributed by atoms with Gasteiger partial charge in [0.25, 0.3) is 0 Å². The Morgan fingerprint density at radius 2 is 1.71 bits per heavy atom. The molecular weight excluding hydrogens is 298 g/mol. The molecule has 4 rings (SSSR count). The lowest BCUT2D eigenvalue weighted by Crippen LogP contribution is -2.08. The summed E-state index contributed by atoms with van der Waals surface area (Å²) in [5.74, 6) is 0.856. The van der Waals surface area contributed by atoms with Crippen molar-refractivity contribution in [1.82, 2.24) is 19.7 Å². The van der Waals surface area contributed by atoms with E-state index in [4.69, 9.17) is 0 Å². The predicted octanol–water partition coefficient (Wildman–Crippen LogP) is 3.49. The summed E-state index contributed by atoms with van der Waals surface area (Å²) in [5.41, 5.74) is 3.42. The van der Waals surface area contributed by atoms with Crippen molar-refractivity contribution in [1.29, 1.82) is 0 Å². The lowest BCUT2D eigenvalue weighted by atomic mass is 10.1. The second kappa shape index (κ2) is 6.50. The molecule has 0 aliphatic carbocycles. The summed E-state index contributed by atoms with van der Waals surface area (Å²) in [6, 6.07) is 18.3. The van der Waals surface area contributed by atoms with Crippen LogP contribution in [0.2, 0.25) is 0 Å². The summed E-state index contributed by atoms with van der Waals surface area (Å²) >= 11 is 0. The molecule has 0 aliphatic rings. The molecule has 5 heteroatoms. The van der Waals surface area contributed by atoms with E-state index in [2.05, 4.69) is 44.6 Å². The van der Waals surface area contributed by atoms with Gasteiger partial charge in [0, 0.05) is 24.3 Å². The van der Waals surface area contributed by atoms with E-state index in [0.29, 0.717) is 6.54 Å². The molecule has 0 bridgehead atoms. The smallest absolute Gasteiger partial charge is 0.137 e. The Morgan fingerprint density at radius 3 is 2.58 bits per heavy atom. The minimum atomic E-state index is 0.707. The molecule has 0 saturated carbocycles. The SMILES string of the molecule is c1ccc(Cn2cccn2)c(CNc2ncnc3ccccc23)c1. The van der Waals surface area contributed by atoms with E-state index in [9.17, 15) is 0 Å². The summed E-state index contributed by atoms with van der Waals surface area (Å²) in [6.07, 6.45) is 5.37. The Hall–Kier alpha value is -3.21. The maximum atomic E-state index is 4.39. The molecule has 118 valence electrons. The zero-order valence-corrected chi connectivity index (χ0v) is 13.1. The van der Waals surface area contributed by atoms with Crippen LogP contribution in [-0.2, 0) is 13.1 Å². The highest BCUT2D eigenvalue weighted by Crippen LogP contribution is 2.20. The first-order valence-electron chi connectivity index (χ1n) is 7.88. The van der Waals surface area contributed by atoms with Gasteiger partial charge in [-0.25, -0.2) is 9.97 Å². The molecule has 2 aromatic heterocycles. The van der Waals surface area contributed by atoms with Crippen LogP contribution in [0.15, 0.2) is 73.3 Å². The third kappa shape index (κ3) is 2.96. The van der Waals surface area contributed by atoms with Crippen LogP contribution in [0.4, 0.5) is 5.82 Å². The molecule has 0 aliphatic heterocycles. The van der Waals surface area contributed by atoms with Gasteiger partial charge in [0.1, 0.15) is 12.1 Å². The molecule has 0 spiro atoms. The van der Waals surface area contributed by atoms with Crippen LogP contribution in [0.25, 0.3) is 10.9 Å². The van der Waals surface area contributed by atoms with Gasteiger partial charge in [0.05, 0.1) is 12.1 Å². The van der Waals surface area contributed by atoms with E-state index in [0.717, 1.165) is 23.3 Å². The van der Waals surface area contributed by atoms with Crippen LogP contribution < -0.4 is 5.32 Å². The normalized spacial score (nSPS) is 10.8. The molecule has 0 saturated heterocycles. The van der Waals surface area contributed by atoms with Gasteiger partial charge < -0.3 is 5.32 Å². The monoisotopic (exact) mass is 315 g/mol. The van der Waals surface area contributed by atoms with E-state index in [1.54, 1.807) is 12.5 Å². The van der Waals surface area contributed by atoms with Gasteiger partial charge in [-0.15, -0.1) is 0 Å². The molecule has 24 heavy (non-hydrogen) atoms. The van der Waals surface area contributed by atoms with Gasteiger partial charge in [0.15, 0.2) is 0 Å². The van der Waals surface area contributed by atoms with Crippen LogP contribution in [-0.4, -0.2) is 19.7 Å². The zero-order chi connectivity index (χ0) is 16.2. The minimum absolute atomic E-state index is 0.707. The van der Waals surface area contributed by atoms with Gasteiger partial charge in [-0.3, -0.25) is 4.68 Å². The number of anilines is 1. The maximum Gasteiger partial charge on any atom is 0.137 e. The van der Waals surface area contributed by atoms with Gasteiger partial charge in [-0.1, -0.05) is 36.4 Å². The lowest BCUT2D eigenvalue weighted by Gasteiger charge is -2.12. The molecular formula is C19H17N5. The fourth-order valence-corrected chi connectivity index (χ4v) is 2.78. The largest absolute Gasteiger partial charge is 0.365 e. The van der Waals surface area contributed by atoms with Crippen molar-refractivity contribution in [2.45, 2.75) is 13.1 Å². The maximum absolute atomic E-state index is 4.39. The highest BCUT2D eigenvalue weighted by molar-refractivity contribution is 5.88. The summed E-state index contributed by atoms with van der Waals surface area (Å²) in [7, 11) is 0. The number of benzene rings is 2. The number of fused-ring (bicyclic) bond motifs is 1. The highest BCUT2D eigenvalue weighted by atomic mass is 15.3. The molecule has 0 radical (unpaired) electrons. The average molecular weight is 315 g/mol. The Balaban J connectivity index is 1.57. The quantitative estimate of drug-likeness (QED) is 0.612. The third-order valence-electron chi connectivity index (χ3n) is 4.00. The summed E-state index contributed by atoms with van der Waals surface area (Å²) in [4.78, 5) is 8.69. The van der Waals surface area contributed by atoms with E-state index in [-0.39, 0.29) is 0 Å². The highest BCUT2D eigenvalue weighted by Gasteiger charge is 2.06. The van der Waals surface area contributed by atoms with Gasteiger partial charge >= 0.3 is 0 Å². The number of aromatic nitrogens is 4. The molecule has 0 unspecified atom stereocenters. The van der Waals surface area contributed by atoms with Crippen LogP contribution in [0.1, 0.15) is 11.1 Å². The van der Waals surface area contributed by atoms with Crippen molar-refractivity contribution < 1.29 is 0 Å². The zero-order valence-electron chi connectivity index (χ0n) is 13.1. The number of para-hydroxylation sites is 1. The van der Waals surface area contributed by atoms with Gasteiger partial charge in [0.2, 0.25) is 0 Å². The van der Waals surface area contributed by atoms with Crippen molar-refractivity contribution in [3.8, 4) is 0 Å². The number of hydrogen-bond donors (Lipinski definition) is 1. The Morgan fingerprint density at radius 1 is 0.875 bits per heavy atom. The fraction of sp³-hybridized carbons (Fsp3) is 0.105. The third-order valence-corrected chi connectivity index (χ3v) is 4.00. The van der Waals surface area contributed by atoms with Crippen molar-refractivity contribution >= 4 is 16.7 Å². The summed E-state index contributed by atoms with van der Waals surface area (Å²) in [5, 5.41) is 8.76. The van der Waals surface area contributed by atoms with Gasteiger partial charge in [-0.05, 0) is 29.3 Å². The molecule has 5 nitrogen and oxygen atoms in total. The Bertz CT molecular complexity index is 942. The van der Waals surface area contributed by atoms with Crippen molar-refractivity contribution in [3.05, 3.63) is 84.4 Å². The molecule has 0 fully saturated rings. The van der Waals surface area contributed by atoms with Crippen molar-refractivity contribution in [2.24, 2.45) is 0 Å². The number of nitrogens with zero attached hydrogens (tertiary/aromatic N) is 4. The molecule has 2 aromatic carbocycles. The second-order valence-corrected chi connectivity index (χ2v) is 5.57. The first-order chi connectivity index (χ1) is 11.9. The second-order valence-electron chi connectivity index (χ2n) is 5.57. The number of rotatable bonds is 5. The van der Waals surface area contributed by atoms with Crippen LogP contribution in [0, 0.1) is 0 Å². The fourth-order valence-electron chi connectivity index (χ4n) is 2.78. The van der Waals surface area contributed by atoms with E-state index in [1.807, 2.05) is 41.2 Å². The van der Waals surface area contributed by atoms with Crippen LogP contribution in [0.3, 0.4) is 0 Å². The molecule has 4 aromatic rings. The van der Waals surface area contributed by atoms with Crippen LogP contribution in [0.5, 0.6) is 0 Å². The Labute approximate surface area is 140 Å². The minimum Gasteiger partial charge on any atom is -0.365 e.